The number of nitrogens with one attached hydrogen (secondary N) is 1. The summed E-state index contributed by atoms with van der Waals surface area (Å²) in [4.78, 5) is 16.4. The second-order valence-electron chi connectivity index (χ2n) is 5.93. The van der Waals surface area contributed by atoms with Gasteiger partial charge in [0.05, 0.1) is 5.75 Å². The fourth-order valence-corrected chi connectivity index (χ4v) is 3.40. The molecule has 1 N–H and O–H groups in total. The number of nitrogens with zero attached hydrogens (tertiary/aromatic N) is 6. The molecule has 0 aliphatic rings. The zero-order chi connectivity index (χ0) is 19.3. The van der Waals surface area contributed by atoms with Crippen molar-refractivity contribution in [1.29, 1.82) is 0 Å². The third-order valence-electron chi connectivity index (χ3n) is 3.88. The molecular formula is C19H17N7OS. The van der Waals surface area contributed by atoms with Gasteiger partial charge in [-0.1, -0.05) is 30.0 Å². The lowest BCUT2D eigenvalue weighted by atomic mass is 10.2. The summed E-state index contributed by atoms with van der Waals surface area (Å²) in [5.74, 6) is 1.23. The molecule has 0 aliphatic carbocycles. The monoisotopic (exact) mass is 391 g/mol. The van der Waals surface area contributed by atoms with Crippen LogP contribution in [0, 0.1) is 0 Å². The number of aryl methyl sites for hydroxylation is 1. The molecule has 0 fully saturated rings. The van der Waals surface area contributed by atoms with E-state index in [1.807, 2.05) is 47.0 Å². The van der Waals surface area contributed by atoms with E-state index in [9.17, 15) is 4.79 Å². The number of aromatic nitrogens is 6. The summed E-state index contributed by atoms with van der Waals surface area (Å²) in [6, 6.07) is 15.3. The van der Waals surface area contributed by atoms with Crippen LogP contribution in [0.4, 0.5) is 5.82 Å². The number of amides is 1. The molecule has 140 valence electrons. The van der Waals surface area contributed by atoms with Crippen LogP contribution < -0.4 is 5.32 Å². The Labute approximate surface area is 165 Å². The Bertz CT molecular complexity index is 1080. The van der Waals surface area contributed by atoms with Crippen LogP contribution >= 0.6 is 11.8 Å². The maximum atomic E-state index is 12.3. The molecule has 3 aromatic heterocycles. The van der Waals surface area contributed by atoms with Gasteiger partial charge in [0.25, 0.3) is 0 Å². The molecule has 28 heavy (non-hydrogen) atoms. The minimum atomic E-state index is -0.158. The van der Waals surface area contributed by atoms with Crippen LogP contribution in [-0.4, -0.2) is 41.2 Å². The van der Waals surface area contributed by atoms with Gasteiger partial charge in [-0.15, -0.1) is 10.2 Å². The lowest BCUT2D eigenvalue weighted by Gasteiger charge is -2.10. The molecule has 8 nitrogen and oxygen atoms in total. The van der Waals surface area contributed by atoms with Crippen molar-refractivity contribution in [2.45, 2.75) is 5.16 Å². The molecule has 1 amide bonds. The predicted octanol–water partition coefficient (Wildman–Crippen LogP) is 2.79. The summed E-state index contributed by atoms with van der Waals surface area (Å²) >= 11 is 1.31. The van der Waals surface area contributed by atoms with Gasteiger partial charge in [0, 0.05) is 43.0 Å². The summed E-state index contributed by atoms with van der Waals surface area (Å²) in [5, 5.41) is 16.2. The number of hydrogen-bond acceptors (Lipinski definition) is 6. The van der Waals surface area contributed by atoms with Gasteiger partial charge >= 0.3 is 0 Å². The first kappa shape index (κ1) is 17.9. The number of para-hydroxylation sites is 1. The second kappa shape index (κ2) is 8.05. The lowest BCUT2D eigenvalue weighted by molar-refractivity contribution is -0.113. The average Bonchev–Trinajstić information content (AvgIpc) is 3.33. The number of anilines is 1. The number of carbonyl (C=O) groups is 1. The first-order chi connectivity index (χ1) is 13.7. The van der Waals surface area contributed by atoms with Crippen LogP contribution in [0.15, 0.2) is 72.3 Å². The number of rotatable bonds is 6. The van der Waals surface area contributed by atoms with E-state index in [1.54, 1.807) is 36.4 Å². The van der Waals surface area contributed by atoms with Gasteiger partial charge in [0.2, 0.25) is 5.91 Å². The zero-order valence-corrected chi connectivity index (χ0v) is 15.9. The van der Waals surface area contributed by atoms with Gasteiger partial charge in [0.1, 0.15) is 0 Å². The van der Waals surface area contributed by atoms with Crippen molar-refractivity contribution in [3.63, 3.8) is 0 Å². The molecule has 0 saturated heterocycles. The van der Waals surface area contributed by atoms with Crippen molar-refractivity contribution < 1.29 is 4.79 Å². The fourth-order valence-electron chi connectivity index (χ4n) is 2.65. The highest BCUT2D eigenvalue weighted by atomic mass is 32.2. The van der Waals surface area contributed by atoms with Crippen LogP contribution in [0.1, 0.15) is 0 Å². The molecule has 0 unspecified atom stereocenters. The Hall–Kier alpha value is -3.46. The van der Waals surface area contributed by atoms with Crippen molar-refractivity contribution in [2.75, 3.05) is 11.1 Å². The van der Waals surface area contributed by atoms with Crippen molar-refractivity contribution in [2.24, 2.45) is 7.05 Å². The minimum absolute atomic E-state index is 0.158. The van der Waals surface area contributed by atoms with Gasteiger partial charge in [-0.25, -0.2) is 0 Å². The van der Waals surface area contributed by atoms with Crippen LogP contribution in [-0.2, 0) is 11.8 Å². The van der Waals surface area contributed by atoms with E-state index < -0.39 is 0 Å². The third-order valence-corrected chi connectivity index (χ3v) is 4.81. The van der Waals surface area contributed by atoms with E-state index in [0.717, 1.165) is 11.3 Å². The van der Waals surface area contributed by atoms with E-state index in [2.05, 4.69) is 25.6 Å². The number of thioether (sulfide) groups is 1. The third kappa shape index (κ3) is 3.94. The number of hydrogen-bond donors (Lipinski definition) is 1. The molecule has 3 heterocycles. The molecule has 0 aliphatic heterocycles. The Morgan fingerprint density at radius 1 is 1.11 bits per heavy atom. The second-order valence-corrected chi connectivity index (χ2v) is 6.87. The van der Waals surface area contributed by atoms with E-state index in [-0.39, 0.29) is 11.7 Å². The molecule has 0 saturated carbocycles. The summed E-state index contributed by atoms with van der Waals surface area (Å²) in [5.41, 5.74) is 1.77. The minimum Gasteiger partial charge on any atom is -0.308 e. The first-order valence-electron chi connectivity index (χ1n) is 8.54. The smallest absolute Gasteiger partial charge is 0.236 e. The molecule has 4 rings (SSSR count). The molecule has 0 spiro atoms. The molecule has 0 bridgehead atoms. The normalized spacial score (nSPS) is 10.8. The number of carbonyl (C=O) groups excluding carboxylic acids is 1. The predicted molar refractivity (Wildman–Crippen MR) is 107 cm³/mol. The summed E-state index contributed by atoms with van der Waals surface area (Å²) in [6.45, 7) is 0. The van der Waals surface area contributed by atoms with Gasteiger partial charge in [0.15, 0.2) is 16.8 Å². The van der Waals surface area contributed by atoms with Crippen molar-refractivity contribution in [3.8, 4) is 17.1 Å². The Morgan fingerprint density at radius 2 is 1.96 bits per heavy atom. The number of pyridine rings is 1. The number of benzene rings is 1. The standard InChI is InChI=1S/C19H17N7OS/c1-25-11-9-16(24-25)21-17(27)13-28-19-23-22-18(14-6-5-10-20-12-14)26(19)15-7-3-2-4-8-15/h2-12H,13H2,1H3,(H,21,24,27). The molecule has 9 heteroatoms. The van der Waals surface area contributed by atoms with Crippen molar-refractivity contribution >= 4 is 23.5 Å². The summed E-state index contributed by atoms with van der Waals surface area (Å²) < 4.78 is 3.56. The lowest BCUT2D eigenvalue weighted by Crippen LogP contribution is -2.15. The quantitative estimate of drug-likeness (QED) is 0.508. The van der Waals surface area contributed by atoms with Crippen LogP contribution in [0.2, 0.25) is 0 Å². The highest BCUT2D eigenvalue weighted by Gasteiger charge is 2.17. The SMILES string of the molecule is Cn1ccc(NC(=O)CSc2nnc(-c3cccnc3)n2-c2ccccc2)n1. The topological polar surface area (TPSA) is 90.5 Å². The van der Waals surface area contributed by atoms with E-state index in [0.29, 0.717) is 16.8 Å². The van der Waals surface area contributed by atoms with Crippen LogP contribution in [0.5, 0.6) is 0 Å². The first-order valence-corrected chi connectivity index (χ1v) is 9.53. The summed E-state index contributed by atoms with van der Waals surface area (Å²) in [7, 11) is 1.80. The zero-order valence-electron chi connectivity index (χ0n) is 15.1. The van der Waals surface area contributed by atoms with Gasteiger partial charge in [-0.3, -0.25) is 19.0 Å². The van der Waals surface area contributed by atoms with Gasteiger partial charge in [-0.05, 0) is 24.3 Å². The maximum absolute atomic E-state index is 12.3. The van der Waals surface area contributed by atoms with Gasteiger partial charge < -0.3 is 5.32 Å². The molecule has 1 aromatic carbocycles. The van der Waals surface area contributed by atoms with Crippen molar-refractivity contribution in [3.05, 3.63) is 67.1 Å². The molecular weight excluding hydrogens is 374 g/mol. The van der Waals surface area contributed by atoms with E-state index in [4.69, 9.17) is 0 Å². The summed E-state index contributed by atoms with van der Waals surface area (Å²) in [6.07, 6.45) is 5.23. The molecule has 4 aromatic rings. The highest BCUT2D eigenvalue weighted by molar-refractivity contribution is 7.99. The van der Waals surface area contributed by atoms with Crippen molar-refractivity contribution in [1.82, 2.24) is 29.5 Å². The average molecular weight is 391 g/mol. The Balaban J connectivity index is 1.58. The maximum Gasteiger partial charge on any atom is 0.236 e. The fraction of sp³-hybridized carbons (Fsp3) is 0.105. The highest BCUT2D eigenvalue weighted by Crippen LogP contribution is 2.27. The molecule has 0 radical (unpaired) electrons. The van der Waals surface area contributed by atoms with Crippen LogP contribution in [0.3, 0.4) is 0 Å². The van der Waals surface area contributed by atoms with E-state index >= 15 is 0 Å². The van der Waals surface area contributed by atoms with Gasteiger partial charge in [-0.2, -0.15) is 5.10 Å². The molecule has 0 atom stereocenters. The Morgan fingerprint density at radius 3 is 2.68 bits per heavy atom. The van der Waals surface area contributed by atoms with Crippen LogP contribution in [0.25, 0.3) is 17.1 Å². The van der Waals surface area contributed by atoms with E-state index in [1.165, 1.54) is 11.8 Å². The largest absolute Gasteiger partial charge is 0.308 e. The Kier molecular flexibility index (Phi) is 5.16.